The number of nitrogens with zero attached hydrogens (tertiary/aromatic N) is 9. The van der Waals surface area contributed by atoms with Crippen LogP contribution in [-0.2, 0) is 65.2 Å². The van der Waals surface area contributed by atoms with E-state index in [9.17, 15) is 38.4 Å². The molecule has 8 heterocycles. The number of rotatable bonds is 16. The van der Waals surface area contributed by atoms with Crippen LogP contribution in [-0.4, -0.2) is 138 Å². The standard InChI is InChI=1S/C17H22N2O4.C17H20N2O4.C15H18N2O4.C10H9BrN2O2.C7H12O2.Li.H3N2O/c2*1-5-22-16(21)13-10-18-14-8-6-12(11-19(13)14)7-9-15(20)23-17(2,3)4;1-15(2,3)21-13(18)7-5-10-4-6-12-16-8-11(14(19)20)17(12)9-10;1-2-15-10(14)8-5-12-9-4-3-7(11)6-13(8)9;1-5-6(8)9-7(2,3)4;;1-2-3/h6,8,10-11H,5,7,9H2,1-4H3;6-11H,5H2,1-4H3;4,6,8-9H,5,7H2,1-3H3,(H,19,20);3-6H,2H2,1H3;5H,1H2,2-4H3;;3H,1H2/q;;;;;+1;-1/b;9-7+;;;;;. The number of imidazole rings is 4. The zero-order valence-corrected chi connectivity index (χ0v) is 58.2. The molecular formula is C66H84BrLiN10O17. The Kier molecular flexibility index (Phi) is 33.1. The fourth-order valence-electron chi connectivity index (χ4n) is 7.74. The van der Waals surface area contributed by atoms with Crippen LogP contribution >= 0.6 is 15.9 Å². The topological polar surface area (TPSA) is 351 Å². The molecule has 508 valence electrons. The van der Waals surface area contributed by atoms with Gasteiger partial charge in [0, 0.05) is 54.3 Å². The van der Waals surface area contributed by atoms with Crippen molar-refractivity contribution in [2.45, 2.75) is 152 Å². The van der Waals surface area contributed by atoms with E-state index < -0.39 is 46.3 Å². The van der Waals surface area contributed by atoms with Gasteiger partial charge in [-0.3, -0.25) is 27.2 Å². The number of halogens is 1. The van der Waals surface area contributed by atoms with Crippen LogP contribution < -0.4 is 24.7 Å². The van der Waals surface area contributed by atoms with Crippen molar-refractivity contribution >= 4 is 92.3 Å². The second-order valence-electron chi connectivity index (χ2n) is 23.7. The van der Waals surface area contributed by atoms with Crippen LogP contribution in [0.15, 0.2) is 121 Å². The van der Waals surface area contributed by atoms with Crippen LogP contribution in [0.3, 0.4) is 0 Å². The Bertz CT molecular complexity index is 3920. The maximum atomic E-state index is 11.9. The second-order valence-corrected chi connectivity index (χ2v) is 24.6. The summed E-state index contributed by atoms with van der Waals surface area (Å²) < 4.78 is 42.9. The van der Waals surface area contributed by atoms with Gasteiger partial charge in [0.15, 0.2) is 22.8 Å². The molecular weight excluding hydrogens is 1290 g/mol. The van der Waals surface area contributed by atoms with Crippen LogP contribution in [0.5, 0.6) is 0 Å². The predicted molar refractivity (Wildman–Crippen MR) is 352 cm³/mol. The number of nitrogens with two attached hydrogens (primary N) is 1. The summed E-state index contributed by atoms with van der Waals surface area (Å²) in [7, 11) is 0. The summed E-state index contributed by atoms with van der Waals surface area (Å²) >= 11 is 3.34. The number of carboxylic acid groups (broad SMARTS) is 1. The number of aromatic nitrogens is 8. The SMILES string of the molecule is C=CC(=O)OC(C)(C)C.CC(C)(C)OC(=O)CCc1ccc2ncc(C(=O)O)n2c1.CCOC(=O)c1cnc2ccc(/C=C/C(=O)OC(C)(C)C)cn12.CCOC(=O)c1cnc2ccc(Br)cn12.CCOC(=O)c1cnc2ccc(CCC(=O)OC(C)(C)C)cn12.N[N-]O.[Li+]. The second kappa shape index (κ2) is 38.4. The Hall–Kier alpha value is -9.04. The monoisotopic (exact) mass is 1370 g/mol. The Morgan fingerprint density at radius 2 is 0.842 bits per heavy atom. The molecule has 0 aromatic carbocycles. The van der Waals surface area contributed by atoms with Gasteiger partial charge < -0.3 is 54.9 Å². The van der Waals surface area contributed by atoms with E-state index in [0.717, 1.165) is 32.9 Å². The first-order chi connectivity index (χ1) is 43.9. The number of carboxylic acids is 1. The molecule has 0 bridgehead atoms. The van der Waals surface area contributed by atoms with Gasteiger partial charge in [0.2, 0.25) is 0 Å². The number of aryl methyl sites for hydroxylation is 2. The fraction of sp³-hybridized carbons (Fsp3) is 0.394. The summed E-state index contributed by atoms with van der Waals surface area (Å²) in [6.45, 7) is 31.4. The van der Waals surface area contributed by atoms with Crippen molar-refractivity contribution in [1.29, 1.82) is 0 Å². The minimum atomic E-state index is -1.04. The van der Waals surface area contributed by atoms with E-state index in [1.165, 1.54) is 35.3 Å². The normalized spacial score (nSPS) is 11.1. The molecule has 0 unspecified atom stereocenters. The molecule has 0 spiro atoms. The van der Waals surface area contributed by atoms with Crippen LogP contribution in [0, 0.1) is 0 Å². The molecule has 0 fully saturated rings. The van der Waals surface area contributed by atoms with Crippen molar-refractivity contribution in [2.24, 2.45) is 5.84 Å². The number of hydrogen-bond donors (Lipinski definition) is 3. The molecule has 27 nitrogen and oxygen atoms in total. The number of esters is 7. The van der Waals surface area contributed by atoms with Crippen LogP contribution in [0.2, 0.25) is 0 Å². The molecule has 0 saturated heterocycles. The van der Waals surface area contributed by atoms with E-state index in [1.54, 1.807) is 83.0 Å². The van der Waals surface area contributed by atoms with Gasteiger partial charge >= 0.3 is 66.6 Å². The van der Waals surface area contributed by atoms with Crippen LogP contribution in [0.1, 0.15) is 175 Å². The zero-order valence-electron chi connectivity index (χ0n) is 56.6. The summed E-state index contributed by atoms with van der Waals surface area (Å²) in [5.74, 6) is 0.476. The van der Waals surface area contributed by atoms with Gasteiger partial charge in [0.25, 0.3) is 0 Å². The van der Waals surface area contributed by atoms with Gasteiger partial charge in [-0.2, -0.15) is 0 Å². The number of carbonyl (C=O) groups is 8. The number of carbonyl (C=O) groups excluding carboxylic acids is 7. The molecule has 0 atom stereocenters. The molecule has 29 heteroatoms. The van der Waals surface area contributed by atoms with Crippen molar-refractivity contribution in [2.75, 3.05) is 19.8 Å². The Balaban J connectivity index is 0.000000409. The van der Waals surface area contributed by atoms with Crippen LogP contribution in [0.4, 0.5) is 0 Å². The maximum Gasteiger partial charge on any atom is 1.00 e. The third kappa shape index (κ3) is 29.4. The molecule has 95 heavy (non-hydrogen) atoms. The van der Waals surface area contributed by atoms with Gasteiger partial charge in [-0.25, -0.2) is 48.7 Å². The molecule has 0 aliphatic rings. The number of hydrogen-bond acceptors (Lipinski definition) is 21. The average molecular weight is 1380 g/mol. The van der Waals surface area contributed by atoms with Crippen molar-refractivity contribution < 1.29 is 101 Å². The van der Waals surface area contributed by atoms with Gasteiger partial charge in [0.05, 0.1) is 44.6 Å². The summed E-state index contributed by atoms with van der Waals surface area (Å²) in [5, 5.41) is 16.0. The Labute approximate surface area is 571 Å². The maximum absolute atomic E-state index is 11.9. The first-order valence-electron chi connectivity index (χ1n) is 29.5. The zero-order chi connectivity index (χ0) is 70.7. The Morgan fingerprint density at radius 3 is 1.19 bits per heavy atom. The van der Waals surface area contributed by atoms with E-state index in [4.69, 9.17) is 43.5 Å². The minimum Gasteiger partial charge on any atom is -0.488 e. The first-order valence-corrected chi connectivity index (χ1v) is 30.3. The molecule has 0 aliphatic carbocycles. The minimum absolute atomic E-state index is 0. The number of ether oxygens (including phenoxy) is 7. The summed E-state index contributed by atoms with van der Waals surface area (Å²) in [5.41, 5.74) is 6.44. The number of pyridine rings is 4. The van der Waals surface area contributed by atoms with Gasteiger partial charge in [-0.05, 0) is 192 Å². The quantitative estimate of drug-likeness (QED) is 0.0204. The van der Waals surface area contributed by atoms with Gasteiger partial charge in [-0.15, -0.1) is 0 Å². The molecule has 8 aromatic rings. The van der Waals surface area contributed by atoms with E-state index in [-0.39, 0.29) is 61.3 Å². The number of fused-ring (bicyclic) bond motifs is 4. The van der Waals surface area contributed by atoms with Crippen LogP contribution in [0.25, 0.3) is 34.3 Å². The molecule has 8 rings (SSSR count). The Morgan fingerprint density at radius 1 is 0.516 bits per heavy atom. The molecule has 0 radical (unpaired) electrons. The van der Waals surface area contributed by atoms with E-state index in [0.29, 0.717) is 66.7 Å². The predicted octanol–water partition coefficient (Wildman–Crippen LogP) is 8.37. The number of aromatic carboxylic acids is 1. The molecule has 8 aromatic heterocycles. The van der Waals surface area contributed by atoms with E-state index >= 15 is 0 Å². The molecule has 0 saturated carbocycles. The van der Waals surface area contributed by atoms with Crippen molar-refractivity contribution in [3.63, 3.8) is 0 Å². The third-order valence-corrected chi connectivity index (χ3v) is 11.7. The third-order valence-electron chi connectivity index (χ3n) is 11.3. The summed E-state index contributed by atoms with van der Waals surface area (Å²) in [6.07, 6.45) is 18.5. The van der Waals surface area contributed by atoms with E-state index in [2.05, 4.69) is 48.3 Å². The molecule has 4 N–H and O–H groups in total. The van der Waals surface area contributed by atoms with Crippen molar-refractivity contribution in [1.82, 2.24) is 37.5 Å². The first kappa shape index (κ1) is 82.0. The fourth-order valence-corrected chi connectivity index (χ4v) is 8.08. The van der Waals surface area contributed by atoms with E-state index in [1.807, 2.05) is 119 Å². The summed E-state index contributed by atoms with van der Waals surface area (Å²) in [6, 6.07) is 14.5. The van der Waals surface area contributed by atoms with Crippen molar-refractivity contribution in [3.05, 3.63) is 166 Å². The molecule has 0 aliphatic heterocycles. The summed E-state index contributed by atoms with van der Waals surface area (Å²) in [4.78, 5) is 108. The van der Waals surface area contributed by atoms with Gasteiger partial charge in [-0.1, -0.05) is 18.7 Å². The smallest absolute Gasteiger partial charge is 0.488 e. The average Bonchev–Trinajstić information content (AvgIpc) is 1.71. The van der Waals surface area contributed by atoms with Crippen molar-refractivity contribution in [3.8, 4) is 0 Å². The molecule has 0 amide bonds. The van der Waals surface area contributed by atoms with Gasteiger partial charge in [0.1, 0.15) is 45.0 Å². The largest absolute Gasteiger partial charge is 1.00 e.